The van der Waals surface area contributed by atoms with Gasteiger partial charge in [-0.05, 0) is 30.3 Å². The maximum atomic E-state index is 13.1. The van der Waals surface area contributed by atoms with Crippen LogP contribution in [0.1, 0.15) is 15.9 Å². The standard InChI is InChI=1S/C14H8F2N2O/c15-11-5-4-9(7-12(11)16)14(19)10-8-17-18-6-2-1-3-13(10)18/h1-8H. The van der Waals surface area contributed by atoms with Crippen LogP contribution in [0, 0.1) is 11.6 Å². The number of hydrogen-bond acceptors (Lipinski definition) is 2. The molecule has 0 aliphatic carbocycles. The van der Waals surface area contributed by atoms with Crippen molar-refractivity contribution < 1.29 is 13.6 Å². The summed E-state index contributed by atoms with van der Waals surface area (Å²) in [5.74, 6) is -2.40. The predicted octanol–water partition coefficient (Wildman–Crippen LogP) is 2.84. The van der Waals surface area contributed by atoms with Gasteiger partial charge in [0.1, 0.15) is 0 Å². The summed E-state index contributed by atoms with van der Waals surface area (Å²) >= 11 is 0. The van der Waals surface area contributed by atoms with E-state index in [0.717, 1.165) is 12.1 Å². The quantitative estimate of drug-likeness (QED) is 0.662. The normalized spacial score (nSPS) is 10.8. The minimum absolute atomic E-state index is 0.0950. The van der Waals surface area contributed by atoms with E-state index < -0.39 is 11.6 Å². The summed E-state index contributed by atoms with van der Waals surface area (Å²) in [5.41, 5.74) is 1.07. The summed E-state index contributed by atoms with van der Waals surface area (Å²) < 4.78 is 27.6. The molecule has 0 N–H and O–H groups in total. The zero-order chi connectivity index (χ0) is 13.4. The van der Waals surface area contributed by atoms with Crippen LogP contribution in [0.15, 0.2) is 48.8 Å². The monoisotopic (exact) mass is 258 g/mol. The van der Waals surface area contributed by atoms with Crippen molar-refractivity contribution in [3.63, 3.8) is 0 Å². The third kappa shape index (κ3) is 1.89. The van der Waals surface area contributed by atoms with Gasteiger partial charge < -0.3 is 0 Å². The average molecular weight is 258 g/mol. The predicted molar refractivity (Wildman–Crippen MR) is 65.0 cm³/mol. The van der Waals surface area contributed by atoms with Crippen molar-refractivity contribution in [3.8, 4) is 0 Å². The lowest BCUT2D eigenvalue weighted by Crippen LogP contribution is -2.02. The molecule has 0 atom stereocenters. The molecule has 2 heterocycles. The number of pyridine rings is 1. The van der Waals surface area contributed by atoms with Crippen molar-refractivity contribution in [3.05, 3.63) is 71.6 Å². The van der Waals surface area contributed by atoms with Gasteiger partial charge in [0, 0.05) is 11.8 Å². The molecule has 2 aromatic heterocycles. The van der Waals surface area contributed by atoms with Crippen molar-refractivity contribution in [2.75, 3.05) is 0 Å². The van der Waals surface area contributed by atoms with E-state index in [0.29, 0.717) is 11.1 Å². The van der Waals surface area contributed by atoms with Gasteiger partial charge >= 0.3 is 0 Å². The van der Waals surface area contributed by atoms with Crippen LogP contribution < -0.4 is 0 Å². The molecule has 0 saturated heterocycles. The number of aromatic nitrogens is 2. The number of carbonyl (C=O) groups is 1. The fourth-order valence-corrected chi connectivity index (χ4v) is 1.90. The first-order valence-corrected chi connectivity index (χ1v) is 5.59. The Morgan fingerprint density at radius 3 is 2.74 bits per heavy atom. The first kappa shape index (κ1) is 11.5. The molecule has 94 valence electrons. The largest absolute Gasteiger partial charge is 0.288 e. The van der Waals surface area contributed by atoms with E-state index >= 15 is 0 Å². The molecular formula is C14H8F2N2O. The van der Waals surface area contributed by atoms with Gasteiger partial charge in [0.2, 0.25) is 0 Å². The van der Waals surface area contributed by atoms with E-state index in [1.165, 1.54) is 12.3 Å². The molecular weight excluding hydrogens is 250 g/mol. The Bertz CT molecular complexity index is 780. The molecule has 5 heteroatoms. The second-order valence-electron chi connectivity index (χ2n) is 4.05. The average Bonchev–Trinajstić information content (AvgIpc) is 2.85. The Balaban J connectivity index is 2.11. The first-order chi connectivity index (χ1) is 9.16. The number of hydrogen-bond donors (Lipinski definition) is 0. The number of ketones is 1. The SMILES string of the molecule is O=C(c1ccc(F)c(F)c1)c1cnn2ccccc12. The van der Waals surface area contributed by atoms with Crippen LogP contribution in [-0.2, 0) is 0 Å². The van der Waals surface area contributed by atoms with E-state index in [1.807, 2.05) is 0 Å². The molecule has 19 heavy (non-hydrogen) atoms. The number of fused-ring (bicyclic) bond motifs is 1. The lowest BCUT2D eigenvalue weighted by atomic mass is 10.0. The van der Waals surface area contributed by atoms with Crippen LogP contribution in [0.2, 0.25) is 0 Å². The molecule has 0 fully saturated rings. The summed E-state index contributed by atoms with van der Waals surface area (Å²) in [6, 6.07) is 8.39. The van der Waals surface area contributed by atoms with Gasteiger partial charge in [0.15, 0.2) is 17.4 Å². The first-order valence-electron chi connectivity index (χ1n) is 5.59. The van der Waals surface area contributed by atoms with Gasteiger partial charge in [-0.3, -0.25) is 4.79 Å². The molecule has 3 rings (SSSR count). The highest BCUT2D eigenvalue weighted by Gasteiger charge is 2.16. The highest BCUT2D eigenvalue weighted by atomic mass is 19.2. The van der Waals surface area contributed by atoms with E-state index in [4.69, 9.17) is 0 Å². The topological polar surface area (TPSA) is 34.4 Å². The van der Waals surface area contributed by atoms with Gasteiger partial charge in [-0.1, -0.05) is 6.07 Å². The Kier molecular flexibility index (Phi) is 2.59. The molecule has 0 radical (unpaired) electrons. The van der Waals surface area contributed by atoms with E-state index in [2.05, 4.69) is 5.10 Å². The molecule has 0 amide bonds. The zero-order valence-electron chi connectivity index (χ0n) is 9.68. The summed E-state index contributed by atoms with van der Waals surface area (Å²) in [4.78, 5) is 12.2. The molecule has 0 aliphatic rings. The van der Waals surface area contributed by atoms with Crippen LogP contribution in [0.5, 0.6) is 0 Å². The number of carbonyl (C=O) groups excluding carboxylic acids is 1. The number of halogens is 2. The van der Waals surface area contributed by atoms with Crippen molar-refractivity contribution in [1.82, 2.24) is 9.61 Å². The molecule has 0 bridgehead atoms. The van der Waals surface area contributed by atoms with Gasteiger partial charge in [-0.15, -0.1) is 0 Å². The Morgan fingerprint density at radius 2 is 1.95 bits per heavy atom. The molecule has 3 aromatic rings. The second-order valence-corrected chi connectivity index (χ2v) is 4.05. The van der Waals surface area contributed by atoms with Crippen LogP contribution in [0.3, 0.4) is 0 Å². The van der Waals surface area contributed by atoms with Gasteiger partial charge in [0.25, 0.3) is 0 Å². The summed E-state index contributed by atoms with van der Waals surface area (Å²) in [5, 5.41) is 4.03. The third-order valence-corrected chi connectivity index (χ3v) is 2.85. The highest BCUT2D eigenvalue weighted by molar-refractivity contribution is 6.12. The lowest BCUT2D eigenvalue weighted by molar-refractivity contribution is 0.103. The summed E-state index contributed by atoms with van der Waals surface area (Å²) in [6.07, 6.45) is 3.12. The van der Waals surface area contributed by atoms with E-state index in [1.54, 1.807) is 28.9 Å². The molecule has 1 aromatic carbocycles. The highest BCUT2D eigenvalue weighted by Crippen LogP contribution is 2.17. The van der Waals surface area contributed by atoms with Crippen molar-refractivity contribution >= 4 is 11.3 Å². The number of benzene rings is 1. The van der Waals surface area contributed by atoms with Crippen LogP contribution in [0.4, 0.5) is 8.78 Å². The minimum atomic E-state index is -1.04. The van der Waals surface area contributed by atoms with Gasteiger partial charge in [0.05, 0.1) is 17.3 Å². The summed E-state index contributed by atoms with van der Waals surface area (Å²) in [6.45, 7) is 0. The van der Waals surface area contributed by atoms with Gasteiger partial charge in [-0.2, -0.15) is 5.10 Å². The Hall–Kier alpha value is -2.56. The molecule has 0 aliphatic heterocycles. The minimum Gasteiger partial charge on any atom is -0.288 e. The Morgan fingerprint density at radius 1 is 1.11 bits per heavy atom. The number of rotatable bonds is 2. The third-order valence-electron chi connectivity index (χ3n) is 2.85. The smallest absolute Gasteiger partial charge is 0.196 e. The maximum absolute atomic E-state index is 13.1. The fraction of sp³-hybridized carbons (Fsp3) is 0. The van der Waals surface area contributed by atoms with E-state index in [-0.39, 0.29) is 11.3 Å². The van der Waals surface area contributed by atoms with Crippen molar-refractivity contribution in [1.29, 1.82) is 0 Å². The summed E-state index contributed by atoms with van der Waals surface area (Å²) in [7, 11) is 0. The van der Waals surface area contributed by atoms with Crippen molar-refractivity contribution in [2.24, 2.45) is 0 Å². The molecule has 0 unspecified atom stereocenters. The molecule has 3 nitrogen and oxygen atoms in total. The molecule has 0 spiro atoms. The zero-order valence-corrected chi connectivity index (χ0v) is 9.68. The number of nitrogens with zero attached hydrogens (tertiary/aromatic N) is 2. The van der Waals surface area contributed by atoms with Crippen molar-refractivity contribution in [2.45, 2.75) is 0 Å². The Labute approximate surface area is 107 Å². The fourth-order valence-electron chi connectivity index (χ4n) is 1.90. The van der Waals surface area contributed by atoms with E-state index in [9.17, 15) is 13.6 Å². The van der Waals surface area contributed by atoms with Crippen LogP contribution >= 0.6 is 0 Å². The van der Waals surface area contributed by atoms with Crippen LogP contribution in [-0.4, -0.2) is 15.4 Å². The molecule has 0 saturated carbocycles. The lowest BCUT2D eigenvalue weighted by Gasteiger charge is -2.00. The maximum Gasteiger partial charge on any atom is 0.196 e. The van der Waals surface area contributed by atoms with Crippen LogP contribution in [0.25, 0.3) is 5.52 Å². The second kappa shape index (κ2) is 4.28. The van der Waals surface area contributed by atoms with Gasteiger partial charge in [-0.25, -0.2) is 13.3 Å².